The van der Waals surface area contributed by atoms with Gasteiger partial charge < -0.3 is 14.5 Å². The van der Waals surface area contributed by atoms with E-state index in [0.717, 1.165) is 17.0 Å². The Morgan fingerprint density at radius 2 is 1.93 bits per heavy atom. The Balaban J connectivity index is 1.58. The van der Waals surface area contributed by atoms with Gasteiger partial charge in [-0.1, -0.05) is 12.1 Å². The van der Waals surface area contributed by atoms with E-state index in [4.69, 9.17) is 4.74 Å². The van der Waals surface area contributed by atoms with Crippen molar-refractivity contribution in [3.8, 4) is 5.75 Å². The highest BCUT2D eigenvalue weighted by atomic mass is 16.5. The zero-order chi connectivity index (χ0) is 19.1. The van der Waals surface area contributed by atoms with Gasteiger partial charge in [0.2, 0.25) is 5.91 Å². The number of likely N-dealkylation sites (tertiary alicyclic amines) is 2. The Bertz CT molecular complexity index is 860. The lowest BCUT2D eigenvalue weighted by Crippen LogP contribution is -2.36. The quantitative estimate of drug-likeness (QED) is 0.899. The number of aromatic nitrogens is 2. The van der Waals surface area contributed by atoms with Crippen molar-refractivity contribution in [1.29, 1.82) is 0 Å². The summed E-state index contributed by atoms with van der Waals surface area (Å²) in [5.41, 5.74) is 2.41. The van der Waals surface area contributed by atoms with E-state index in [9.17, 15) is 9.59 Å². The molecule has 2 aliphatic heterocycles. The van der Waals surface area contributed by atoms with Gasteiger partial charge in [-0.05, 0) is 30.7 Å². The standard InChI is InChI=1S/C20H24N4O3/c1-12-8-18(22-21-12)20(26)23-9-15-10-24(13(2)25)19(17(15)11-23)14-4-6-16(27-3)7-5-14/h4-8,15,17,19H,9-11H2,1-3H3,(H,21,22)/t15-,17-,19+/m1/s1. The van der Waals surface area contributed by atoms with Crippen molar-refractivity contribution in [3.05, 3.63) is 47.3 Å². The Morgan fingerprint density at radius 1 is 1.19 bits per heavy atom. The lowest BCUT2D eigenvalue weighted by molar-refractivity contribution is -0.130. The van der Waals surface area contributed by atoms with Gasteiger partial charge in [0.15, 0.2) is 0 Å². The average molecular weight is 368 g/mol. The van der Waals surface area contributed by atoms with Gasteiger partial charge in [0.05, 0.1) is 13.2 Å². The molecule has 2 amide bonds. The molecule has 0 unspecified atom stereocenters. The summed E-state index contributed by atoms with van der Waals surface area (Å²) in [6.45, 7) is 5.47. The fourth-order valence-corrected chi connectivity index (χ4v) is 4.45. The van der Waals surface area contributed by atoms with Gasteiger partial charge >= 0.3 is 0 Å². The van der Waals surface area contributed by atoms with Gasteiger partial charge in [0.25, 0.3) is 5.91 Å². The minimum Gasteiger partial charge on any atom is -0.497 e. The summed E-state index contributed by atoms with van der Waals surface area (Å²) >= 11 is 0. The van der Waals surface area contributed by atoms with Gasteiger partial charge in [0.1, 0.15) is 11.4 Å². The Kier molecular flexibility index (Phi) is 4.37. The number of hydrogen-bond acceptors (Lipinski definition) is 4. The Labute approximate surface area is 158 Å². The highest BCUT2D eigenvalue weighted by Crippen LogP contribution is 2.45. The van der Waals surface area contributed by atoms with Crippen LogP contribution in [-0.2, 0) is 4.79 Å². The minimum atomic E-state index is -0.0448. The van der Waals surface area contributed by atoms with Crippen LogP contribution in [0.4, 0.5) is 0 Å². The van der Waals surface area contributed by atoms with Gasteiger partial charge in [0, 0.05) is 44.1 Å². The van der Waals surface area contributed by atoms with Gasteiger partial charge in [-0.2, -0.15) is 5.10 Å². The van der Waals surface area contributed by atoms with Gasteiger partial charge in [-0.25, -0.2) is 0 Å². The summed E-state index contributed by atoms with van der Waals surface area (Å²) in [6.07, 6.45) is 0. The normalized spacial score (nSPS) is 24.2. The monoisotopic (exact) mass is 368 g/mol. The molecule has 0 spiro atoms. The van der Waals surface area contributed by atoms with Crippen molar-refractivity contribution in [2.75, 3.05) is 26.7 Å². The van der Waals surface area contributed by atoms with Gasteiger partial charge in [-0.15, -0.1) is 0 Å². The number of carbonyl (C=O) groups is 2. The fourth-order valence-electron chi connectivity index (χ4n) is 4.45. The number of methoxy groups -OCH3 is 1. The molecule has 0 bridgehead atoms. The molecule has 7 heteroatoms. The zero-order valence-corrected chi connectivity index (χ0v) is 15.8. The molecular weight excluding hydrogens is 344 g/mol. The van der Waals surface area contributed by atoms with Crippen LogP contribution in [0.15, 0.2) is 30.3 Å². The molecule has 1 aromatic heterocycles. The lowest BCUT2D eigenvalue weighted by atomic mass is 9.89. The average Bonchev–Trinajstić information content (AvgIpc) is 3.35. The third-order valence-electron chi connectivity index (χ3n) is 5.74. The zero-order valence-electron chi connectivity index (χ0n) is 15.8. The number of ether oxygens (including phenoxy) is 1. The number of fused-ring (bicyclic) bond motifs is 1. The topological polar surface area (TPSA) is 78.5 Å². The number of benzene rings is 1. The van der Waals surface area contributed by atoms with E-state index < -0.39 is 0 Å². The molecule has 7 nitrogen and oxygen atoms in total. The molecule has 4 rings (SSSR count). The second-order valence-electron chi connectivity index (χ2n) is 7.46. The number of hydrogen-bond donors (Lipinski definition) is 1. The summed E-state index contributed by atoms with van der Waals surface area (Å²) in [5.74, 6) is 1.33. The number of aryl methyl sites for hydroxylation is 1. The van der Waals surface area contributed by atoms with Crippen LogP contribution in [0.3, 0.4) is 0 Å². The van der Waals surface area contributed by atoms with Crippen LogP contribution in [0.25, 0.3) is 0 Å². The molecule has 0 radical (unpaired) electrons. The number of nitrogens with zero attached hydrogens (tertiary/aromatic N) is 3. The van der Waals surface area contributed by atoms with Crippen LogP contribution in [0.1, 0.15) is 34.7 Å². The van der Waals surface area contributed by atoms with Crippen molar-refractivity contribution in [2.45, 2.75) is 19.9 Å². The molecule has 1 aromatic carbocycles. The van der Waals surface area contributed by atoms with Gasteiger partial charge in [-0.3, -0.25) is 14.7 Å². The SMILES string of the molecule is COc1ccc([C@H]2[C@@H]3CN(C(=O)c4cc(C)[nH]n4)C[C@@H]3CN2C(C)=O)cc1. The molecule has 142 valence electrons. The maximum Gasteiger partial charge on any atom is 0.274 e. The van der Waals surface area contributed by atoms with Crippen molar-refractivity contribution >= 4 is 11.8 Å². The molecular formula is C20H24N4O3. The second kappa shape index (κ2) is 6.72. The number of rotatable bonds is 3. The van der Waals surface area contributed by atoms with E-state index in [1.807, 2.05) is 41.0 Å². The first-order valence-corrected chi connectivity index (χ1v) is 9.20. The Morgan fingerprint density at radius 3 is 2.52 bits per heavy atom. The van der Waals surface area contributed by atoms with Crippen LogP contribution < -0.4 is 4.74 Å². The minimum absolute atomic E-state index is 0.0165. The van der Waals surface area contributed by atoms with Crippen LogP contribution in [0, 0.1) is 18.8 Å². The predicted molar refractivity (Wildman–Crippen MR) is 99.3 cm³/mol. The highest BCUT2D eigenvalue weighted by molar-refractivity contribution is 5.92. The van der Waals surface area contributed by atoms with Crippen LogP contribution >= 0.6 is 0 Å². The first-order valence-electron chi connectivity index (χ1n) is 9.20. The molecule has 0 saturated carbocycles. The fraction of sp³-hybridized carbons (Fsp3) is 0.450. The lowest BCUT2D eigenvalue weighted by Gasteiger charge is -2.29. The summed E-state index contributed by atoms with van der Waals surface area (Å²) in [4.78, 5) is 28.8. The van der Waals surface area contributed by atoms with Crippen molar-refractivity contribution < 1.29 is 14.3 Å². The van der Waals surface area contributed by atoms with Crippen LogP contribution in [0.5, 0.6) is 5.75 Å². The van der Waals surface area contributed by atoms with Crippen molar-refractivity contribution in [1.82, 2.24) is 20.0 Å². The highest BCUT2D eigenvalue weighted by Gasteiger charge is 2.49. The third-order valence-corrected chi connectivity index (χ3v) is 5.74. The second-order valence-corrected chi connectivity index (χ2v) is 7.46. The van der Waals surface area contributed by atoms with Crippen molar-refractivity contribution in [2.24, 2.45) is 11.8 Å². The maximum absolute atomic E-state index is 12.8. The number of aromatic amines is 1. The van der Waals surface area contributed by atoms with Crippen LogP contribution in [0.2, 0.25) is 0 Å². The summed E-state index contributed by atoms with van der Waals surface area (Å²) in [6, 6.07) is 9.64. The van der Waals surface area contributed by atoms with E-state index in [-0.39, 0.29) is 29.7 Å². The molecule has 2 fully saturated rings. The molecule has 2 aliphatic rings. The van der Waals surface area contributed by atoms with E-state index >= 15 is 0 Å². The molecule has 3 atom stereocenters. The number of amides is 2. The maximum atomic E-state index is 12.8. The summed E-state index contributed by atoms with van der Waals surface area (Å²) in [7, 11) is 1.64. The smallest absolute Gasteiger partial charge is 0.274 e. The first-order chi connectivity index (χ1) is 13.0. The third kappa shape index (κ3) is 3.07. The summed E-state index contributed by atoms with van der Waals surface area (Å²) < 4.78 is 5.25. The number of H-pyrrole nitrogens is 1. The van der Waals surface area contributed by atoms with E-state index in [1.54, 1.807) is 20.1 Å². The molecule has 2 saturated heterocycles. The number of nitrogens with one attached hydrogen (secondary N) is 1. The van der Waals surface area contributed by atoms with Crippen molar-refractivity contribution in [3.63, 3.8) is 0 Å². The summed E-state index contributed by atoms with van der Waals surface area (Å²) in [5, 5.41) is 6.93. The molecule has 1 N–H and O–H groups in total. The molecule has 2 aromatic rings. The molecule has 27 heavy (non-hydrogen) atoms. The largest absolute Gasteiger partial charge is 0.497 e. The number of carbonyl (C=O) groups excluding carboxylic acids is 2. The van der Waals surface area contributed by atoms with Crippen LogP contribution in [-0.4, -0.2) is 58.6 Å². The van der Waals surface area contributed by atoms with E-state index in [2.05, 4.69) is 10.2 Å². The first kappa shape index (κ1) is 17.6. The van der Waals surface area contributed by atoms with E-state index in [1.165, 1.54) is 0 Å². The molecule has 0 aliphatic carbocycles. The predicted octanol–water partition coefficient (Wildman–Crippen LogP) is 2.02. The van der Waals surface area contributed by atoms with E-state index in [0.29, 0.717) is 25.3 Å². The molecule has 3 heterocycles. The Hall–Kier alpha value is -2.83.